The number of esters is 1. The normalized spacial score (nSPS) is 21.2. The maximum Gasteiger partial charge on any atom is 0.308 e. The molecule has 1 aliphatic carbocycles. The summed E-state index contributed by atoms with van der Waals surface area (Å²) in [5, 5.41) is 9.43. The first kappa shape index (κ1) is 13.8. The van der Waals surface area contributed by atoms with Crippen LogP contribution in [-0.2, 0) is 20.7 Å². The third-order valence-electron chi connectivity index (χ3n) is 3.19. The Kier molecular flexibility index (Phi) is 4.39. The molecule has 0 saturated heterocycles. The van der Waals surface area contributed by atoms with Crippen molar-refractivity contribution in [3.8, 4) is 5.75 Å². The molecule has 0 heterocycles. The van der Waals surface area contributed by atoms with Gasteiger partial charge in [-0.15, -0.1) is 0 Å². The molecule has 0 bridgehead atoms. The molecule has 2 rings (SSSR count). The van der Waals surface area contributed by atoms with E-state index in [9.17, 15) is 9.90 Å². The van der Waals surface area contributed by atoms with Gasteiger partial charge in [-0.05, 0) is 36.6 Å². The van der Waals surface area contributed by atoms with Crippen LogP contribution in [-0.4, -0.2) is 30.3 Å². The number of nitrogens with two attached hydrogens (primary N) is 1. The molecule has 5 nitrogen and oxygen atoms in total. The van der Waals surface area contributed by atoms with E-state index in [-0.39, 0.29) is 36.9 Å². The molecule has 0 amide bonds. The van der Waals surface area contributed by atoms with E-state index >= 15 is 0 Å². The van der Waals surface area contributed by atoms with Gasteiger partial charge in [-0.25, -0.2) is 0 Å². The molecule has 1 aromatic rings. The second-order valence-electron chi connectivity index (χ2n) is 4.60. The van der Waals surface area contributed by atoms with Gasteiger partial charge in [-0.1, -0.05) is 6.07 Å². The van der Waals surface area contributed by atoms with Crippen molar-refractivity contribution in [3.63, 3.8) is 0 Å². The second kappa shape index (κ2) is 6.04. The van der Waals surface area contributed by atoms with Crippen LogP contribution in [0.5, 0.6) is 5.75 Å². The van der Waals surface area contributed by atoms with E-state index in [1.165, 1.54) is 0 Å². The van der Waals surface area contributed by atoms with Gasteiger partial charge in [0, 0.05) is 6.04 Å². The smallest absolute Gasteiger partial charge is 0.308 e. The van der Waals surface area contributed by atoms with Crippen LogP contribution in [0.1, 0.15) is 30.6 Å². The number of hydrogen-bond acceptors (Lipinski definition) is 5. The molecule has 2 unspecified atom stereocenters. The third kappa shape index (κ3) is 3.24. The van der Waals surface area contributed by atoms with Gasteiger partial charge in [-0.3, -0.25) is 4.79 Å². The van der Waals surface area contributed by atoms with Gasteiger partial charge < -0.3 is 20.3 Å². The van der Waals surface area contributed by atoms with Crippen LogP contribution in [0, 0.1) is 0 Å². The maximum absolute atomic E-state index is 11.2. The molecular formula is C14H19NO4. The number of ether oxygens (including phenoxy) is 2. The van der Waals surface area contributed by atoms with Crippen molar-refractivity contribution in [1.29, 1.82) is 0 Å². The quantitative estimate of drug-likeness (QED) is 0.784. The van der Waals surface area contributed by atoms with Gasteiger partial charge in [0.25, 0.3) is 0 Å². The highest BCUT2D eigenvalue weighted by Gasteiger charge is 2.30. The highest BCUT2D eigenvalue weighted by molar-refractivity contribution is 5.69. The zero-order chi connectivity index (χ0) is 13.8. The van der Waals surface area contributed by atoms with Crippen molar-refractivity contribution < 1.29 is 19.4 Å². The average Bonchev–Trinajstić information content (AvgIpc) is 2.65. The molecule has 104 valence electrons. The third-order valence-corrected chi connectivity index (χ3v) is 3.19. The summed E-state index contributed by atoms with van der Waals surface area (Å²) in [6.45, 7) is 2.44. The summed E-state index contributed by atoms with van der Waals surface area (Å²) in [5.41, 5.74) is 8.03. The molecule has 3 N–H and O–H groups in total. The van der Waals surface area contributed by atoms with E-state index in [2.05, 4.69) is 0 Å². The Hall–Kier alpha value is -1.59. The average molecular weight is 265 g/mol. The van der Waals surface area contributed by atoms with E-state index < -0.39 is 0 Å². The van der Waals surface area contributed by atoms with Crippen molar-refractivity contribution >= 4 is 5.97 Å². The molecule has 0 spiro atoms. The zero-order valence-electron chi connectivity index (χ0n) is 11.0. The van der Waals surface area contributed by atoms with Crippen molar-refractivity contribution in [3.05, 3.63) is 29.3 Å². The van der Waals surface area contributed by atoms with Gasteiger partial charge in [-0.2, -0.15) is 0 Å². The van der Waals surface area contributed by atoms with Gasteiger partial charge >= 0.3 is 5.97 Å². The molecule has 0 radical (unpaired) electrons. The number of fused-ring (bicyclic) bond motifs is 1. The Morgan fingerprint density at radius 2 is 2.32 bits per heavy atom. The van der Waals surface area contributed by atoms with Crippen LogP contribution < -0.4 is 5.73 Å². The summed E-state index contributed by atoms with van der Waals surface area (Å²) in [6, 6.07) is 5.02. The molecule has 0 fully saturated rings. The summed E-state index contributed by atoms with van der Waals surface area (Å²) in [4.78, 5) is 11.2. The lowest BCUT2D eigenvalue weighted by molar-refractivity contribution is -0.144. The molecule has 5 heteroatoms. The Labute approximate surface area is 112 Å². The molecule has 1 aliphatic rings. The Morgan fingerprint density at radius 3 is 3.05 bits per heavy atom. The summed E-state index contributed by atoms with van der Waals surface area (Å²) >= 11 is 0. The first-order valence-electron chi connectivity index (χ1n) is 6.46. The number of phenols is 1. The molecule has 0 aliphatic heterocycles. The lowest BCUT2D eigenvalue weighted by Gasteiger charge is -2.17. The number of phenolic OH excluding ortho intramolecular Hbond substituents is 1. The minimum absolute atomic E-state index is 0.140. The predicted octanol–water partition coefficient (Wildman–Crippen LogP) is 1.29. The number of hydrogen-bond donors (Lipinski definition) is 2. The number of aromatic hydroxyl groups is 1. The van der Waals surface area contributed by atoms with Crippen LogP contribution in [0.25, 0.3) is 0 Å². The van der Waals surface area contributed by atoms with Crippen molar-refractivity contribution in [2.75, 3.05) is 13.2 Å². The SMILES string of the molecule is CCOC(=O)CCOC1c2ccc(O)cc2CC1N. The van der Waals surface area contributed by atoms with Crippen LogP contribution in [0.3, 0.4) is 0 Å². The van der Waals surface area contributed by atoms with Crippen molar-refractivity contribution in [2.45, 2.75) is 31.9 Å². The number of benzene rings is 1. The van der Waals surface area contributed by atoms with Crippen LogP contribution in [0.2, 0.25) is 0 Å². The molecule has 1 aromatic carbocycles. The van der Waals surface area contributed by atoms with Gasteiger partial charge in [0.1, 0.15) is 5.75 Å². The highest BCUT2D eigenvalue weighted by atomic mass is 16.5. The number of carbonyl (C=O) groups is 1. The van der Waals surface area contributed by atoms with Crippen LogP contribution in [0.4, 0.5) is 0 Å². The largest absolute Gasteiger partial charge is 0.508 e. The highest BCUT2D eigenvalue weighted by Crippen LogP contribution is 2.35. The maximum atomic E-state index is 11.2. The predicted molar refractivity (Wildman–Crippen MR) is 69.7 cm³/mol. The monoisotopic (exact) mass is 265 g/mol. The Bertz CT molecular complexity index is 461. The molecule has 19 heavy (non-hydrogen) atoms. The van der Waals surface area contributed by atoms with Gasteiger partial charge in [0.2, 0.25) is 0 Å². The lowest BCUT2D eigenvalue weighted by Crippen LogP contribution is -2.27. The standard InChI is InChI=1S/C14H19NO4/c1-2-18-13(17)5-6-19-14-11-4-3-10(16)7-9(11)8-12(14)15/h3-4,7,12,14,16H,2,5-6,8,15H2,1H3. The summed E-state index contributed by atoms with van der Waals surface area (Å²) in [5.74, 6) is -0.0295. The van der Waals surface area contributed by atoms with E-state index in [4.69, 9.17) is 15.2 Å². The van der Waals surface area contributed by atoms with Crippen LogP contribution >= 0.6 is 0 Å². The molecule has 0 saturated carbocycles. The fourth-order valence-corrected chi connectivity index (χ4v) is 2.35. The Balaban J connectivity index is 1.93. The minimum atomic E-state index is -0.264. The topological polar surface area (TPSA) is 81.8 Å². The molecular weight excluding hydrogens is 246 g/mol. The Morgan fingerprint density at radius 1 is 1.53 bits per heavy atom. The van der Waals surface area contributed by atoms with Crippen molar-refractivity contribution in [1.82, 2.24) is 0 Å². The number of rotatable bonds is 5. The van der Waals surface area contributed by atoms with Gasteiger partial charge in [0.05, 0.1) is 25.7 Å². The molecule has 2 atom stereocenters. The van der Waals surface area contributed by atoms with E-state index in [0.29, 0.717) is 13.0 Å². The first-order chi connectivity index (χ1) is 9.11. The molecule has 0 aromatic heterocycles. The summed E-state index contributed by atoms with van der Waals surface area (Å²) < 4.78 is 10.5. The summed E-state index contributed by atoms with van der Waals surface area (Å²) in [6.07, 6.45) is 0.684. The van der Waals surface area contributed by atoms with E-state index in [0.717, 1.165) is 11.1 Å². The van der Waals surface area contributed by atoms with E-state index in [1.807, 2.05) is 6.07 Å². The first-order valence-corrected chi connectivity index (χ1v) is 6.46. The fraction of sp³-hybridized carbons (Fsp3) is 0.500. The lowest BCUT2D eigenvalue weighted by atomic mass is 10.1. The summed E-state index contributed by atoms with van der Waals surface area (Å²) in [7, 11) is 0. The second-order valence-corrected chi connectivity index (χ2v) is 4.60. The number of carbonyl (C=O) groups excluding carboxylic acids is 1. The zero-order valence-corrected chi connectivity index (χ0v) is 11.0. The van der Waals surface area contributed by atoms with Crippen LogP contribution in [0.15, 0.2) is 18.2 Å². The minimum Gasteiger partial charge on any atom is -0.508 e. The fourth-order valence-electron chi connectivity index (χ4n) is 2.35. The van der Waals surface area contributed by atoms with E-state index in [1.54, 1.807) is 19.1 Å². The van der Waals surface area contributed by atoms with Crippen molar-refractivity contribution in [2.24, 2.45) is 5.73 Å². The van der Waals surface area contributed by atoms with Gasteiger partial charge in [0.15, 0.2) is 0 Å².